The van der Waals surface area contributed by atoms with Crippen molar-refractivity contribution in [3.8, 4) is 0 Å². The Balaban J connectivity index is 1.55. The van der Waals surface area contributed by atoms with Crippen LogP contribution in [0.15, 0.2) is 0 Å². The molecule has 3 atom stereocenters. The fourth-order valence-corrected chi connectivity index (χ4v) is 3.12. The van der Waals surface area contributed by atoms with Crippen LogP contribution in [0, 0.1) is 5.41 Å². The van der Waals surface area contributed by atoms with Crippen LogP contribution in [0.25, 0.3) is 0 Å². The number of rotatable bonds is 2. The second-order valence-corrected chi connectivity index (χ2v) is 5.23. The first-order valence-corrected chi connectivity index (χ1v) is 5.74. The highest BCUT2D eigenvalue weighted by Crippen LogP contribution is 2.56. The van der Waals surface area contributed by atoms with Crippen molar-refractivity contribution in [2.45, 2.75) is 63.1 Å². The average molecular weight is 181 g/mol. The van der Waals surface area contributed by atoms with Gasteiger partial charge in [-0.1, -0.05) is 6.42 Å². The largest absolute Gasteiger partial charge is 0.392 e. The second kappa shape index (κ2) is 2.71. The van der Waals surface area contributed by atoms with Gasteiger partial charge in [0.2, 0.25) is 0 Å². The van der Waals surface area contributed by atoms with Crippen LogP contribution in [0.1, 0.15) is 44.9 Å². The van der Waals surface area contributed by atoms with Gasteiger partial charge in [-0.05, 0) is 43.9 Å². The van der Waals surface area contributed by atoms with E-state index in [1.54, 1.807) is 0 Å². The summed E-state index contributed by atoms with van der Waals surface area (Å²) >= 11 is 0. The molecule has 3 fully saturated rings. The molecule has 0 aromatic carbocycles. The molecule has 1 spiro atoms. The molecule has 2 nitrogen and oxygen atoms in total. The zero-order chi connectivity index (χ0) is 8.89. The average Bonchev–Trinajstić information content (AvgIpc) is 1.97. The first-order valence-electron chi connectivity index (χ1n) is 5.74. The lowest BCUT2D eigenvalue weighted by molar-refractivity contribution is -0.0481. The van der Waals surface area contributed by atoms with Crippen molar-refractivity contribution in [2.75, 3.05) is 0 Å². The fourth-order valence-electron chi connectivity index (χ4n) is 3.12. The Kier molecular flexibility index (Phi) is 1.72. The molecule has 2 heteroatoms. The third-order valence-corrected chi connectivity index (χ3v) is 4.67. The minimum atomic E-state index is -0.0438. The Bertz CT molecular complexity index is 207. The molecule has 1 unspecified atom stereocenters. The maximum atomic E-state index is 9.47. The van der Waals surface area contributed by atoms with E-state index < -0.39 is 0 Å². The van der Waals surface area contributed by atoms with Crippen molar-refractivity contribution in [3.63, 3.8) is 0 Å². The lowest BCUT2D eigenvalue weighted by Gasteiger charge is -2.58. The first-order chi connectivity index (χ1) is 6.30. The van der Waals surface area contributed by atoms with Crippen LogP contribution in [-0.4, -0.2) is 23.3 Å². The molecular weight excluding hydrogens is 162 g/mol. The molecule has 0 aromatic rings. The molecule has 3 saturated carbocycles. The van der Waals surface area contributed by atoms with E-state index in [0.717, 1.165) is 12.5 Å². The molecule has 0 bridgehead atoms. The number of hydrogen-bond acceptors (Lipinski definition) is 2. The second-order valence-electron chi connectivity index (χ2n) is 5.23. The SMILES string of the molecule is O[C@@H]1CC[C@H]1NC1CCC12CCC2. The van der Waals surface area contributed by atoms with E-state index >= 15 is 0 Å². The number of aliphatic hydroxyl groups excluding tert-OH is 1. The Morgan fingerprint density at radius 1 is 1.08 bits per heavy atom. The van der Waals surface area contributed by atoms with E-state index in [1.807, 2.05) is 0 Å². The summed E-state index contributed by atoms with van der Waals surface area (Å²) < 4.78 is 0. The third-order valence-electron chi connectivity index (χ3n) is 4.67. The Morgan fingerprint density at radius 2 is 1.92 bits per heavy atom. The molecule has 13 heavy (non-hydrogen) atoms. The van der Waals surface area contributed by atoms with Gasteiger partial charge in [-0.3, -0.25) is 0 Å². The van der Waals surface area contributed by atoms with Crippen LogP contribution in [0.2, 0.25) is 0 Å². The number of aliphatic hydroxyl groups is 1. The highest BCUT2D eigenvalue weighted by atomic mass is 16.3. The smallest absolute Gasteiger partial charge is 0.0693 e. The van der Waals surface area contributed by atoms with Crippen molar-refractivity contribution in [2.24, 2.45) is 5.41 Å². The Morgan fingerprint density at radius 3 is 2.23 bits per heavy atom. The molecule has 74 valence electrons. The molecule has 2 N–H and O–H groups in total. The normalized spacial score (nSPS) is 46.4. The van der Waals surface area contributed by atoms with Crippen molar-refractivity contribution in [1.82, 2.24) is 5.32 Å². The highest BCUT2D eigenvalue weighted by molar-refractivity contribution is 5.07. The molecule has 3 rings (SSSR count). The quantitative estimate of drug-likeness (QED) is 0.675. The minimum Gasteiger partial charge on any atom is -0.392 e. The molecule has 0 aromatic heterocycles. The van der Waals surface area contributed by atoms with Gasteiger partial charge in [0.25, 0.3) is 0 Å². The van der Waals surface area contributed by atoms with E-state index in [1.165, 1.54) is 38.5 Å². The van der Waals surface area contributed by atoms with Gasteiger partial charge >= 0.3 is 0 Å². The molecule has 0 radical (unpaired) electrons. The van der Waals surface area contributed by atoms with Gasteiger partial charge in [0.15, 0.2) is 0 Å². The number of hydrogen-bond donors (Lipinski definition) is 2. The van der Waals surface area contributed by atoms with E-state index in [2.05, 4.69) is 5.32 Å². The van der Waals surface area contributed by atoms with Gasteiger partial charge in [0.1, 0.15) is 0 Å². The summed E-state index contributed by atoms with van der Waals surface area (Å²) in [5.74, 6) is 0. The van der Waals surface area contributed by atoms with Crippen LogP contribution >= 0.6 is 0 Å². The van der Waals surface area contributed by atoms with Gasteiger partial charge in [0.05, 0.1) is 6.10 Å². The molecule has 3 aliphatic rings. The van der Waals surface area contributed by atoms with Crippen molar-refractivity contribution in [3.05, 3.63) is 0 Å². The summed E-state index contributed by atoms with van der Waals surface area (Å²) in [6.45, 7) is 0. The predicted molar refractivity (Wildman–Crippen MR) is 51.5 cm³/mol. The number of nitrogens with one attached hydrogen (secondary N) is 1. The fraction of sp³-hybridized carbons (Fsp3) is 1.00. The Labute approximate surface area is 79.7 Å². The molecule has 0 amide bonds. The topological polar surface area (TPSA) is 32.3 Å². The molecular formula is C11H19NO. The van der Waals surface area contributed by atoms with E-state index in [0.29, 0.717) is 11.5 Å². The first kappa shape index (κ1) is 8.25. The van der Waals surface area contributed by atoms with Gasteiger partial charge in [-0.15, -0.1) is 0 Å². The van der Waals surface area contributed by atoms with Gasteiger partial charge in [-0.25, -0.2) is 0 Å². The van der Waals surface area contributed by atoms with Crippen LogP contribution < -0.4 is 5.32 Å². The summed E-state index contributed by atoms with van der Waals surface area (Å²) in [5.41, 5.74) is 0.690. The van der Waals surface area contributed by atoms with Crippen LogP contribution in [0.3, 0.4) is 0 Å². The van der Waals surface area contributed by atoms with Crippen LogP contribution in [0.5, 0.6) is 0 Å². The van der Waals surface area contributed by atoms with Gasteiger partial charge < -0.3 is 10.4 Å². The maximum Gasteiger partial charge on any atom is 0.0693 e. The lowest BCUT2D eigenvalue weighted by atomic mass is 9.53. The molecule has 0 aliphatic heterocycles. The van der Waals surface area contributed by atoms with Crippen molar-refractivity contribution in [1.29, 1.82) is 0 Å². The standard InChI is InChI=1S/C11H19NO/c13-9-3-2-8(9)12-10-4-7-11(10)5-1-6-11/h8-10,12-13H,1-7H2/t8-,9-,10?/m1/s1. The third kappa shape index (κ3) is 1.08. The maximum absolute atomic E-state index is 9.47. The van der Waals surface area contributed by atoms with Gasteiger partial charge in [0, 0.05) is 12.1 Å². The zero-order valence-electron chi connectivity index (χ0n) is 8.13. The van der Waals surface area contributed by atoms with Gasteiger partial charge in [-0.2, -0.15) is 0 Å². The van der Waals surface area contributed by atoms with Crippen molar-refractivity contribution < 1.29 is 5.11 Å². The summed E-state index contributed by atoms with van der Waals surface area (Å²) in [4.78, 5) is 0. The lowest BCUT2D eigenvalue weighted by Crippen LogP contribution is -2.63. The monoisotopic (exact) mass is 181 g/mol. The Hall–Kier alpha value is -0.0800. The predicted octanol–water partition coefficient (Wildman–Crippen LogP) is 1.43. The minimum absolute atomic E-state index is 0.0438. The summed E-state index contributed by atoms with van der Waals surface area (Å²) in [7, 11) is 0. The van der Waals surface area contributed by atoms with E-state index in [4.69, 9.17) is 0 Å². The van der Waals surface area contributed by atoms with Crippen LogP contribution in [-0.2, 0) is 0 Å². The van der Waals surface area contributed by atoms with Crippen molar-refractivity contribution >= 4 is 0 Å². The van der Waals surface area contributed by atoms with E-state index in [-0.39, 0.29) is 6.10 Å². The summed E-state index contributed by atoms with van der Waals surface area (Å²) in [6.07, 6.45) is 9.26. The highest BCUT2D eigenvalue weighted by Gasteiger charge is 2.51. The molecule has 3 aliphatic carbocycles. The summed E-state index contributed by atoms with van der Waals surface area (Å²) in [5, 5.41) is 13.1. The zero-order valence-corrected chi connectivity index (χ0v) is 8.13. The summed E-state index contributed by atoms with van der Waals surface area (Å²) in [6, 6.07) is 1.18. The van der Waals surface area contributed by atoms with E-state index in [9.17, 15) is 5.11 Å². The molecule has 0 heterocycles. The van der Waals surface area contributed by atoms with Crippen LogP contribution in [0.4, 0.5) is 0 Å². The molecule has 0 saturated heterocycles.